The Hall–Kier alpha value is -2.74. The van der Waals surface area contributed by atoms with E-state index in [0.717, 1.165) is 0 Å². The van der Waals surface area contributed by atoms with Gasteiger partial charge in [-0.25, -0.2) is 0 Å². The third-order valence-corrected chi connectivity index (χ3v) is 58.1. The van der Waals surface area contributed by atoms with Crippen molar-refractivity contribution in [3.05, 3.63) is 160 Å². The van der Waals surface area contributed by atoms with Crippen LogP contribution in [0.2, 0.25) is 6.55 Å². The first-order valence-corrected chi connectivity index (χ1v) is 31.7. The molecular weight excluding hydrogens is 683 g/mol. The van der Waals surface area contributed by atoms with E-state index < -0.39 is 21.5 Å². The second kappa shape index (κ2) is 11.5. The van der Waals surface area contributed by atoms with Crippen LogP contribution < -0.4 is 5.19 Å². The first-order chi connectivity index (χ1) is 21.6. The van der Waals surface area contributed by atoms with Crippen LogP contribution in [0.25, 0.3) is 34.4 Å². The quantitative estimate of drug-likeness (QED) is 0.153. The summed E-state index contributed by atoms with van der Waals surface area (Å²) in [6, 6.07) is 42.3. The number of fused-ring (bicyclic) bond motifs is 2. The molecule has 0 bridgehead atoms. The fourth-order valence-electron chi connectivity index (χ4n) is 8.27. The Morgan fingerprint density at radius 2 is 0.933 bits per heavy atom. The number of benzene rings is 5. The zero-order valence-electron chi connectivity index (χ0n) is 26.6. The summed E-state index contributed by atoms with van der Waals surface area (Å²) in [6.07, 6.45) is 4.80. The SMILES string of the molecule is CC1=Cc2c(-c3ccc(C)cc3)cccc2[CH]1[Zr]([Cl])([Cl])([CH]1C(C)=Cc2c(-c3ccc(C)cc3)cccc21)[SiH](C)c1ccccc1. The normalized spacial score (nSPS) is 18.8. The van der Waals surface area contributed by atoms with E-state index >= 15 is 0 Å². The number of halogens is 2. The van der Waals surface area contributed by atoms with Gasteiger partial charge in [-0.2, -0.15) is 0 Å². The monoisotopic (exact) mass is 719 g/mol. The molecule has 0 nitrogen and oxygen atoms in total. The molecule has 0 N–H and O–H groups in total. The van der Waals surface area contributed by atoms with Gasteiger partial charge in [0.05, 0.1) is 0 Å². The van der Waals surface area contributed by atoms with Crippen LogP contribution in [0.4, 0.5) is 0 Å². The summed E-state index contributed by atoms with van der Waals surface area (Å²) in [4.78, 5) is 0. The van der Waals surface area contributed by atoms with Gasteiger partial charge in [-0.05, 0) is 0 Å². The molecule has 0 heterocycles. The number of hydrogen-bond acceptors (Lipinski definition) is 0. The summed E-state index contributed by atoms with van der Waals surface area (Å²) < 4.78 is 0.0544. The molecule has 0 aromatic heterocycles. The van der Waals surface area contributed by atoms with Crippen molar-refractivity contribution < 1.29 is 15.6 Å². The molecule has 2 aliphatic carbocycles. The fourth-order valence-corrected chi connectivity index (χ4v) is 50.4. The van der Waals surface area contributed by atoms with E-state index in [1.807, 2.05) is 0 Å². The van der Waals surface area contributed by atoms with Gasteiger partial charge < -0.3 is 0 Å². The zero-order valence-corrected chi connectivity index (χ0v) is 31.7. The summed E-state index contributed by atoms with van der Waals surface area (Å²) in [7, 11) is 17.5. The summed E-state index contributed by atoms with van der Waals surface area (Å²) in [5.41, 5.74) is 15.3. The van der Waals surface area contributed by atoms with E-state index in [2.05, 4.69) is 162 Å². The Morgan fingerprint density at radius 3 is 1.36 bits per heavy atom. The predicted molar refractivity (Wildman–Crippen MR) is 197 cm³/mol. The average molecular weight is 722 g/mol. The fraction of sp³-hybridized carbons (Fsp3) is 0.171. The maximum atomic E-state index is 8.73. The summed E-state index contributed by atoms with van der Waals surface area (Å²) in [5.74, 6) is -1.94. The van der Waals surface area contributed by atoms with Crippen molar-refractivity contribution in [3.63, 3.8) is 0 Å². The molecule has 5 aromatic carbocycles. The van der Waals surface area contributed by atoms with Crippen molar-refractivity contribution in [3.8, 4) is 22.3 Å². The van der Waals surface area contributed by atoms with Gasteiger partial charge in [-0.15, -0.1) is 0 Å². The van der Waals surface area contributed by atoms with E-state index in [1.165, 1.54) is 72.0 Å². The second-order valence-corrected chi connectivity index (χ2v) is 53.5. The zero-order chi connectivity index (χ0) is 31.5. The van der Waals surface area contributed by atoms with Crippen molar-refractivity contribution in [1.29, 1.82) is 0 Å². The van der Waals surface area contributed by atoms with Crippen LogP contribution in [0.1, 0.15) is 54.5 Å². The molecule has 225 valence electrons. The van der Waals surface area contributed by atoms with E-state index in [9.17, 15) is 0 Å². The Morgan fingerprint density at radius 1 is 0.511 bits per heavy atom. The molecule has 0 radical (unpaired) electrons. The van der Waals surface area contributed by atoms with Crippen molar-refractivity contribution in [2.24, 2.45) is 0 Å². The van der Waals surface area contributed by atoms with Crippen molar-refractivity contribution in [1.82, 2.24) is 0 Å². The molecule has 3 atom stereocenters. The number of rotatable bonds is 6. The molecule has 0 saturated carbocycles. The molecule has 7 rings (SSSR count). The Labute approximate surface area is 277 Å². The van der Waals surface area contributed by atoms with Gasteiger partial charge in [0.1, 0.15) is 0 Å². The summed E-state index contributed by atoms with van der Waals surface area (Å²) >= 11 is -5.01. The first kappa shape index (κ1) is 30.9. The second-order valence-electron chi connectivity index (χ2n) is 13.4. The van der Waals surface area contributed by atoms with Gasteiger partial charge in [0, 0.05) is 0 Å². The topological polar surface area (TPSA) is 0 Å². The molecule has 0 aliphatic heterocycles. The van der Waals surface area contributed by atoms with E-state index in [1.54, 1.807) is 0 Å². The molecule has 2 aliphatic rings. The standard InChI is InChI=1S/2C17H15.C7H9Si.2ClH.Zr/c2*1-12-6-8-14(9-7-12)16-5-3-4-15-10-13(2)11-17(15)16;1-8-7-5-3-2-4-6-7;;;/h2*3-11H,1-2H3;2-6,8H,1H3;2*1H;/q;;;;;+2/p-2. The number of aryl methyl sites for hydroxylation is 2. The Bertz CT molecular complexity index is 1870. The van der Waals surface area contributed by atoms with Crippen LogP contribution >= 0.6 is 17.0 Å². The number of hydrogen-bond donors (Lipinski definition) is 0. The van der Waals surface area contributed by atoms with Crippen LogP contribution in [-0.4, -0.2) is 5.92 Å². The third-order valence-electron chi connectivity index (χ3n) is 10.5. The molecule has 0 saturated heterocycles. The van der Waals surface area contributed by atoms with Gasteiger partial charge in [-0.1, -0.05) is 0 Å². The van der Waals surface area contributed by atoms with Crippen molar-refractivity contribution in [2.75, 3.05) is 0 Å². The molecular formula is C41H39Cl2SiZr. The first-order valence-electron chi connectivity index (χ1n) is 16.0. The van der Waals surface area contributed by atoms with Gasteiger partial charge in [0.2, 0.25) is 0 Å². The minimum absolute atomic E-state index is 0.0272. The van der Waals surface area contributed by atoms with Crippen molar-refractivity contribution >= 4 is 40.3 Å². The van der Waals surface area contributed by atoms with Gasteiger partial charge >= 0.3 is 279 Å². The molecule has 0 spiro atoms. The minimum atomic E-state index is -5.01. The van der Waals surface area contributed by atoms with E-state index in [4.69, 9.17) is 17.0 Å². The van der Waals surface area contributed by atoms with E-state index in [-0.39, 0.29) is 7.25 Å². The summed E-state index contributed by atoms with van der Waals surface area (Å²) in [5, 5.41) is 1.36. The van der Waals surface area contributed by atoms with E-state index in [0.29, 0.717) is 0 Å². The molecule has 45 heavy (non-hydrogen) atoms. The predicted octanol–water partition coefficient (Wildman–Crippen LogP) is 11.5. The van der Waals surface area contributed by atoms with Crippen LogP contribution in [-0.2, 0) is 15.6 Å². The molecule has 0 fully saturated rings. The molecule has 0 amide bonds. The molecule has 4 heteroatoms. The average Bonchev–Trinajstić information content (AvgIpc) is 3.58. The molecule has 5 aromatic rings. The van der Waals surface area contributed by atoms with Crippen LogP contribution in [0, 0.1) is 13.8 Å². The van der Waals surface area contributed by atoms with Crippen LogP contribution in [0.3, 0.4) is 0 Å². The third kappa shape index (κ3) is 4.96. The Balaban J connectivity index is 1.47. The number of allylic oxidation sites excluding steroid dienone is 2. The van der Waals surface area contributed by atoms with Crippen molar-refractivity contribution in [2.45, 2.75) is 41.5 Å². The van der Waals surface area contributed by atoms with Crippen LogP contribution in [0.15, 0.2) is 126 Å². The summed E-state index contributed by atoms with van der Waals surface area (Å²) in [6.45, 7) is 11.3. The van der Waals surface area contributed by atoms with Gasteiger partial charge in [-0.3, -0.25) is 0 Å². The van der Waals surface area contributed by atoms with Crippen LogP contribution in [0.5, 0.6) is 0 Å². The maximum absolute atomic E-state index is 8.73. The van der Waals surface area contributed by atoms with Gasteiger partial charge in [0.25, 0.3) is 0 Å². The van der Waals surface area contributed by atoms with Gasteiger partial charge in [0.15, 0.2) is 0 Å². The molecule has 3 unspecified atom stereocenters. The Kier molecular flexibility index (Phi) is 7.89.